The summed E-state index contributed by atoms with van der Waals surface area (Å²) in [7, 11) is -2.91. The second kappa shape index (κ2) is 4.97. The Morgan fingerprint density at radius 3 is 2.71 bits per heavy atom. The van der Waals surface area contributed by atoms with Gasteiger partial charge in [-0.2, -0.15) is 0 Å². The Balaban J connectivity index is 2.37. The number of hydrogen-bond acceptors (Lipinski definition) is 4. The van der Waals surface area contributed by atoms with Gasteiger partial charge in [0, 0.05) is 5.92 Å². The molecule has 2 rings (SSSR count). The molecule has 0 saturated carbocycles. The molecule has 0 bridgehead atoms. The number of nitrogens with zero attached hydrogens (tertiary/aromatic N) is 2. The van der Waals surface area contributed by atoms with E-state index in [0.717, 1.165) is 15.7 Å². The van der Waals surface area contributed by atoms with E-state index in [1.165, 1.54) is 0 Å². The lowest BCUT2D eigenvalue weighted by Gasteiger charge is -2.10. The third kappa shape index (κ3) is 2.90. The minimum atomic E-state index is -2.91. The van der Waals surface area contributed by atoms with Gasteiger partial charge in [0.2, 0.25) is 0 Å². The molecule has 1 unspecified atom stereocenters. The number of sulfone groups is 1. The number of hydrogen-bond donors (Lipinski definition) is 0. The van der Waals surface area contributed by atoms with Gasteiger partial charge in [0.25, 0.3) is 0 Å². The molecule has 0 N–H and O–H groups in total. The largest absolute Gasteiger partial charge is 0.236 e. The first-order valence-electron chi connectivity index (χ1n) is 5.35. The summed E-state index contributed by atoms with van der Waals surface area (Å²) < 4.78 is 23.7. The SMILES string of the molecule is CCc1nc(C2CCS(=O)(=O)C2)nc(Cl)c1I. The highest BCUT2D eigenvalue weighted by atomic mass is 127. The zero-order valence-electron chi connectivity index (χ0n) is 9.28. The molecule has 0 amide bonds. The Kier molecular flexibility index (Phi) is 3.94. The summed E-state index contributed by atoms with van der Waals surface area (Å²) in [6.45, 7) is 2.00. The fourth-order valence-corrected chi connectivity index (χ4v) is 4.45. The highest BCUT2D eigenvalue weighted by Gasteiger charge is 2.31. The summed E-state index contributed by atoms with van der Waals surface area (Å²) in [5.41, 5.74) is 0.893. The maximum atomic E-state index is 11.4. The van der Waals surface area contributed by atoms with Crippen LogP contribution in [0, 0.1) is 3.57 Å². The van der Waals surface area contributed by atoms with Gasteiger partial charge in [-0.1, -0.05) is 18.5 Å². The second-order valence-electron chi connectivity index (χ2n) is 4.09. The Hall–Kier alpha value is 0.0500. The molecule has 1 aromatic rings. The van der Waals surface area contributed by atoms with Crippen molar-refractivity contribution in [2.45, 2.75) is 25.7 Å². The van der Waals surface area contributed by atoms with Crippen LogP contribution in [0.15, 0.2) is 0 Å². The number of aromatic nitrogens is 2. The summed E-state index contributed by atoms with van der Waals surface area (Å²) >= 11 is 8.16. The van der Waals surface area contributed by atoms with E-state index < -0.39 is 9.84 Å². The normalized spacial score (nSPS) is 22.9. The van der Waals surface area contributed by atoms with Crippen LogP contribution in [-0.4, -0.2) is 29.9 Å². The van der Waals surface area contributed by atoms with Crippen LogP contribution in [0.5, 0.6) is 0 Å². The first-order valence-corrected chi connectivity index (χ1v) is 8.63. The molecule has 1 atom stereocenters. The summed E-state index contributed by atoms with van der Waals surface area (Å²) in [5.74, 6) is 0.854. The molecule has 0 aliphatic carbocycles. The number of aryl methyl sites for hydroxylation is 1. The van der Waals surface area contributed by atoms with E-state index >= 15 is 0 Å². The first kappa shape index (κ1) is 13.5. The number of halogens is 2. The molecule has 0 radical (unpaired) electrons. The average Bonchev–Trinajstić information content (AvgIpc) is 2.62. The van der Waals surface area contributed by atoms with Crippen molar-refractivity contribution in [3.05, 3.63) is 20.2 Å². The zero-order chi connectivity index (χ0) is 12.6. The van der Waals surface area contributed by atoms with Crippen molar-refractivity contribution >= 4 is 44.0 Å². The van der Waals surface area contributed by atoms with Gasteiger partial charge in [0.15, 0.2) is 9.84 Å². The van der Waals surface area contributed by atoms with Crippen LogP contribution < -0.4 is 0 Å². The third-order valence-corrected chi connectivity index (χ3v) is 6.32. The highest BCUT2D eigenvalue weighted by molar-refractivity contribution is 14.1. The van der Waals surface area contributed by atoms with Crippen LogP contribution >= 0.6 is 34.2 Å². The summed E-state index contributed by atoms with van der Waals surface area (Å²) in [6, 6.07) is 0. The molecule has 2 heterocycles. The standard InChI is InChI=1S/C10H12ClIN2O2S/c1-2-7-8(12)9(11)14-10(13-7)6-3-4-17(15,16)5-6/h6H,2-5H2,1H3. The molecule has 17 heavy (non-hydrogen) atoms. The summed E-state index contributed by atoms with van der Waals surface area (Å²) in [6.07, 6.45) is 1.37. The topological polar surface area (TPSA) is 59.9 Å². The maximum Gasteiger partial charge on any atom is 0.151 e. The van der Waals surface area contributed by atoms with Gasteiger partial charge in [0.05, 0.1) is 20.8 Å². The monoisotopic (exact) mass is 386 g/mol. The van der Waals surface area contributed by atoms with E-state index in [9.17, 15) is 8.42 Å². The lowest BCUT2D eigenvalue weighted by atomic mass is 10.1. The fourth-order valence-electron chi connectivity index (χ4n) is 1.90. The third-order valence-electron chi connectivity index (χ3n) is 2.83. The second-order valence-corrected chi connectivity index (χ2v) is 7.75. The molecule has 1 fully saturated rings. The van der Waals surface area contributed by atoms with Crippen molar-refractivity contribution in [1.29, 1.82) is 0 Å². The van der Waals surface area contributed by atoms with Crippen LogP contribution in [0.3, 0.4) is 0 Å². The molecule has 0 spiro atoms. The molecule has 4 nitrogen and oxygen atoms in total. The molecular weight excluding hydrogens is 375 g/mol. The van der Waals surface area contributed by atoms with Gasteiger partial charge in [-0.3, -0.25) is 0 Å². The Labute approximate surface area is 119 Å². The smallest absolute Gasteiger partial charge is 0.151 e. The fraction of sp³-hybridized carbons (Fsp3) is 0.600. The van der Waals surface area contributed by atoms with Crippen molar-refractivity contribution in [1.82, 2.24) is 9.97 Å². The predicted octanol–water partition coefficient (Wildman–Crippen LogP) is 2.20. The zero-order valence-corrected chi connectivity index (χ0v) is 13.0. The van der Waals surface area contributed by atoms with Crippen molar-refractivity contribution in [3.63, 3.8) is 0 Å². The van der Waals surface area contributed by atoms with E-state index in [1.807, 2.05) is 6.92 Å². The lowest BCUT2D eigenvalue weighted by molar-refractivity contribution is 0.601. The van der Waals surface area contributed by atoms with Crippen molar-refractivity contribution < 1.29 is 8.42 Å². The van der Waals surface area contributed by atoms with Crippen molar-refractivity contribution in [2.75, 3.05) is 11.5 Å². The molecule has 7 heteroatoms. The lowest BCUT2D eigenvalue weighted by Crippen LogP contribution is -2.10. The highest BCUT2D eigenvalue weighted by Crippen LogP contribution is 2.29. The van der Waals surface area contributed by atoms with Gasteiger partial charge >= 0.3 is 0 Å². The van der Waals surface area contributed by atoms with E-state index in [0.29, 0.717) is 17.4 Å². The van der Waals surface area contributed by atoms with E-state index in [4.69, 9.17) is 11.6 Å². The Bertz CT molecular complexity index is 547. The average molecular weight is 387 g/mol. The van der Waals surface area contributed by atoms with E-state index in [2.05, 4.69) is 32.6 Å². The van der Waals surface area contributed by atoms with Crippen molar-refractivity contribution in [3.8, 4) is 0 Å². The maximum absolute atomic E-state index is 11.4. The van der Waals surface area contributed by atoms with Gasteiger partial charge < -0.3 is 0 Å². The van der Waals surface area contributed by atoms with Gasteiger partial charge in [-0.05, 0) is 35.4 Å². The quantitative estimate of drug-likeness (QED) is 0.577. The molecule has 1 aliphatic rings. The minimum Gasteiger partial charge on any atom is -0.236 e. The van der Waals surface area contributed by atoms with Crippen molar-refractivity contribution in [2.24, 2.45) is 0 Å². The Morgan fingerprint density at radius 2 is 2.18 bits per heavy atom. The summed E-state index contributed by atoms with van der Waals surface area (Å²) in [4.78, 5) is 8.64. The van der Waals surface area contributed by atoms with E-state index in [-0.39, 0.29) is 17.4 Å². The van der Waals surface area contributed by atoms with E-state index in [1.54, 1.807) is 0 Å². The van der Waals surface area contributed by atoms with Crippen LogP contribution in [0.1, 0.15) is 30.8 Å². The molecule has 1 aromatic heterocycles. The first-order chi connectivity index (χ1) is 7.93. The van der Waals surface area contributed by atoms with Crippen LogP contribution in [0.2, 0.25) is 5.15 Å². The van der Waals surface area contributed by atoms with Crippen LogP contribution in [0.4, 0.5) is 0 Å². The Morgan fingerprint density at radius 1 is 1.47 bits per heavy atom. The van der Waals surface area contributed by atoms with Gasteiger partial charge in [-0.25, -0.2) is 18.4 Å². The van der Waals surface area contributed by atoms with Gasteiger partial charge in [-0.15, -0.1) is 0 Å². The van der Waals surface area contributed by atoms with Crippen LogP contribution in [0.25, 0.3) is 0 Å². The molecule has 1 aliphatic heterocycles. The minimum absolute atomic E-state index is 0.0974. The molecule has 1 saturated heterocycles. The molecule has 0 aromatic carbocycles. The predicted molar refractivity (Wildman–Crippen MR) is 75.1 cm³/mol. The van der Waals surface area contributed by atoms with Crippen LogP contribution in [-0.2, 0) is 16.3 Å². The van der Waals surface area contributed by atoms with Gasteiger partial charge in [0.1, 0.15) is 11.0 Å². The number of rotatable bonds is 2. The summed E-state index contributed by atoms with van der Waals surface area (Å²) in [5, 5.41) is 0.428. The molecule has 94 valence electrons. The molecular formula is C10H12ClIN2O2S.